The number of ether oxygens (including phenoxy) is 5. The quantitative estimate of drug-likeness (QED) is 0.0251. The molecule has 6 amide bonds. The number of alkyl carbamates (subject to hydrolysis) is 3. The maximum absolute atomic E-state index is 13.9. The summed E-state index contributed by atoms with van der Waals surface area (Å²) in [5.41, 5.74) is -2.14. The Hall–Kier alpha value is -5.21. The molecule has 0 radical (unpaired) electrons. The average molecular weight is 952 g/mol. The van der Waals surface area contributed by atoms with Gasteiger partial charge < -0.3 is 60.7 Å². The predicted molar refractivity (Wildman–Crippen MR) is 251 cm³/mol. The van der Waals surface area contributed by atoms with E-state index in [1.54, 1.807) is 107 Å². The number of nitrogens with one attached hydrogen (secondary N) is 7. The van der Waals surface area contributed by atoms with Crippen molar-refractivity contribution in [2.75, 3.05) is 26.2 Å². The molecule has 0 saturated carbocycles. The molecule has 0 heterocycles. The van der Waals surface area contributed by atoms with Gasteiger partial charge in [-0.25, -0.2) is 14.4 Å². The van der Waals surface area contributed by atoms with E-state index in [0.717, 1.165) is 5.56 Å². The zero-order valence-electron chi connectivity index (χ0n) is 41.9. The summed E-state index contributed by atoms with van der Waals surface area (Å²) in [5, 5.41) is 29.6. The molecule has 0 saturated heterocycles. The molecule has 0 aromatic heterocycles. The van der Waals surface area contributed by atoms with Crippen molar-refractivity contribution in [1.82, 2.24) is 37.2 Å². The number of carbonyl (C=O) groups is 7. The van der Waals surface area contributed by atoms with Crippen LogP contribution in [0.15, 0.2) is 30.3 Å². The van der Waals surface area contributed by atoms with Crippen LogP contribution in [-0.2, 0) is 49.5 Å². The normalized spacial score (nSPS) is 13.7. The van der Waals surface area contributed by atoms with Gasteiger partial charge in [0.05, 0.1) is 11.6 Å². The minimum absolute atomic E-state index is 0.000490. The van der Waals surface area contributed by atoms with E-state index in [4.69, 9.17) is 23.7 Å². The number of hydrogen-bond donors (Lipinski definition) is 8. The fraction of sp³-hybridized carbons (Fsp3) is 0.723. The van der Waals surface area contributed by atoms with E-state index in [-0.39, 0.29) is 39.0 Å². The minimum atomic E-state index is -1.55. The van der Waals surface area contributed by atoms with Crippen molar-refractivity contribution in [3.63, 3.8) is 0 Å². The highest BCUT2D eigenvalue weighted by Gasteiger charge is 2.29. The molecule has 0 bridgehead atoms. The van der Waals surface area contributed by atoms with Crippen molar-refractivity contribution in [2.45, 2.75) is 194 Å². The fourth-order valence-corrected chi connectivity index (χ4v) is 5.93. The number of esters is 1. The summed E-state index contributed by atoms with van der Waals surface area (Å²) in [6, 6.07) is 5.86. The molecule has 8 N–H and O–H groups in total. The van der Waals surface area contributed by atoms with Crippen molar-refractivity contribution in [3.05, 3.63) is 35.9 Å². The van der Waals surface area contributed by atoms with E-state index in [9.17, 15) is 38.7 Å². The number of benzene rings is 1. The summed E-state index contributed by atoms with van der Waals surface area (Å²) in [6.07, 6.45) is -0.417. The molecule has 0 aliphatic carbocycles. The molecule has 4 atom stereocenters. The second-order valence-electron chi connectivity index (χ2n) is 20.1. The molecule has 1 aromatic rings. The monoisotopic (exact) mass is 952 g/mol. The van der Waals surface area contributed by atoms with Gasteiger partial charge >= 0.3 is 24.2 Å². The van der Waals surface area contributed by atoms with E-state index in [2.05, 4.69) is 37.2 Å². The van der Waals surface area contributed by atoms with E-state index in [1.165, 1.54) is 0 Å². The third-order valence-corrected chi connectivity index (χ3v) is 8.81. The standard InChI is InChI=1S/C47H81N7O13/c1-44(2,3)64-40(59)49-28-20-17-25-34(53-42(61)66-46(7,8)9)37(56)48-27-19-16-24-33(38(57)51-30-36(55)63-31-32-22-14-13-15-23-32)52-39(58)35(54-43(62)67-47(10,11)12)26-18-21-29-50-41(60)65-45(4,5)6/h13-15,22-23,33-35,43,54,62H,16-21,24-31H2,1-12H3,(H,48,56)(H,49,59)(H,50,60)(H,51,57)(H,52,58)(H,53,61). The highest BCUT2D eigenvalue weighted by Crippen LogP contribution is 2.13. The summed E-state index contributed by atoms with van der Waals surface area (Å²) < 4.78 is 26.8. The number of rotatable bonds is 27. The SMILES string of the molecule is CC(C)(C)OC(=O)NCCCCC(NC(=O)OC(C)(C)C)C(=O)NCCCCC(NC(=O)C(CCCCNC(=O)OC(C)(C)C)NC(O)OC(C)(C)C)C(=O)NCC(=O)OCc1ccccc1. The van der Waals surface area contributed by atoms with Crippen LogP contribution in [0.25, 0.3) is 0 Å². The van der Waals surface area contributed by atoms with Gasteiger partial charge in [0.1, 0.15) is 42.0 Å². The number of carbonyl (C=O) groups excluding carboxylic acids is 7. The van der Waals surface area contributed by atoms with Crippen LogP contribution >= 0.6 is 0 Å². The van der Waals surface area contributed by atoms with Gasteiger partial charge in [-0.15, -0.1) is 0 Å². The van der Waals surface area contributed by atoms with Crippen LogP contribution < -0.4 is 37.2 Å². The first-order valence-corrected chi connectivity index (χ1v) is 23.1. The summed E-state index contributed by atoms with van der Waals surface area (Å²) in [7, 11) is 0. The maximum Gasteiger partial charge on any atom is 0.408 e. The third kappa shape index (κ3) is 32.2. The zero-order chi connectivity index (χ0) is 50.8. The van der Waals surface area contributed by atoms with Crippen molar-refractivity contribution >= 4 is 42.0 Å². The topological polar surface area (TPSA) is 270 Å². The first-order valence-electron chi connectivity index (χ1n) is 23.1. The molecular weight excluding hydrogens is 871 g/mol. The first kappa shape index (κ1) is 59.8. The molecule has 0 aliphatic heterocycles. The lowest BCUT2D eigenvalue weighted by Crippen LogP contribution is -2.55. The van der Waals surface area contributed by atoms with Gasteiger partial charge in [0.15, 0.2) is 0 Å². The number of amides is 6. The molecule has 20 nitrogen and oxygen atoms in total. The van der Waals surface area contributed by atoms with Gasteiger partial charge in [-0.3, -0.25) is 24.5 Å². The van der Waals surface area contributed by atoms with Gasteiger partial charge in [-0.2, -0.15) is 0 Å². The fourth-order valence-electron chi connectivity index (χ4n) is 5.93. The molecule has 1 rings (SSSR count). The van der Waals surface area contributed by atoms with E-state index in [1.807, 2.05) is 6.07 Å². The Balaban J connectivity index is 3.06. The number of aliphatic hydroxyl groups is 1. The van der Waals surface area contributed by atoms with Crippen LogP contribution in [-0.4, -0.2) is 120 Å². The molecule has 0 spiro atoms. The lowest BCUT2D eigenvalue weighted by atomic mass is 10.1. The van der Waals surface area contributed by atoms with Crippen LogP contribution in [0.4, 0.5) is 14.4 Å². The van der Waals surface area contributed by atoms with Crippen molar-refractivity contribution in [3.8, 4) is 0 Å². The minimum Gasteiger partial charge on any atom is -0.460 e. The second-order valence-corrected chi connectivity index (χ2v) is 20.1. The maximum atomic E-state index is 13.9. The predicted octanol–water partition coefficient (Wildman–Crippen LogP) is 4.95. The first-order chi connectivity index (χ1) is 31.0. The average Bonchev–Trinajstić information content (AvgIpc) is 3.17. The van der Waals surface area contributed by atoms with Gasteiger partial charge in [0.25, 0.3) is 0 Å². The Morgan fingerprint density at radius 2 is 0.940 bits per heavy atom. The van der Waals surface area contributed by atoms with Crippen molar-refractivity contribution < 1.29 is 62.4 Å². The lowest BCUT2D eigenvalue weighted by molar-refractivity contribution is -0.187. The van der Waals surface area contributed by atoms with Crippen LogP contribution in [0, 0.1) is 0 Å². The highest BCUT2D eigenvalue weighted by atomic mass is 16.6. The van der Waals surface area contributed by atoms with Gasteiger partial charge in [-0.05, 0) is 146 Å². The van der Waals surface area contributed by atoms with Gasteiger partial charge in [0, 0.05) is 19.6 Å². The number of hydrogen-bond acceptors (Lipinski definition) is 14. The summed E-state index contributed by atoms with van der Waals surface area (Å²) in [5.74, 6) is -2.45. The molecule has 382 valence electrons. The number of unbranched alkanes of at least 4 members (excludes halogenated alkanes) is 3. The summed E-state index contributed by atoms with van der Waals surface area (Å²) >= 11 is 0. The Labute approximate surface area is 397 Å². The van der Waals surface area contributed by atoms with Crippen molar-refractivity contribution in [1.29, 1.82) is 0 Å². The molecular formula is C47H81N7O13. The van der Waals surface area contributed by atoms with Crippen molar-refractivity contribution in [2.24, 2.45) is 0 Å². The van der Waals surface area contributed by atoms with Crippen LogP contribution in [0.2, 0.25) is 0 Å². The smallest absolute Gasteiger partial charge is 0.408 e. The van der Waals surface area contributed by atoms with E-state index in [0.29, 0.717) is 45.1 Å². The largest absolute Gasteiger partial charge is 0.460 e. The van der Waals surface area contributed by atoms with Gasteiger partial charge in [0.2, 0.25) is 24.1 Å². The Kier molecular flexibility index (Phi) is 26.4. The number of aliphatic hydroxyl groups excluding tert-OH is 1. The molecule has 0 fully saturated rings. The third-order valence-electron chi connectivity index (χ3n) is 8.81. The second kappa shape index (κ2) is 29.5. The molecule has 1 aromatic carbocycles. The molecule has 20 heteroatoms. The Bertz CT molecular complexity index is 1690. The summed E-state index contributed by atoms with van der Waals surface area (Å²) in [6.45, 7) is 21.1. The Morgan fingerprint density at radius 1 is 0.507 bits per heavy atom. The zero-order valence-corrected chi connectivity index (χ0v) is 41.9. The molecule has 4 unspecified atom stereocenters. The highest BCUT2D eigenvalue weighted by molar-refractivity contribution is 5.91. The molecule has 67 heavy (non-hydrogen) atoms. The van der Waals surface area contributed by atoms with E-state index < -0.39 is 95.5 Å². The lowest BCUT2D eigenvalue weighted by Gasteiger charge is -2.29. The van der Waals surface area contributed by atoms with E-state index >= 15 is 0 Å². The van der Waals surface area contributed by atoms with Gasteiger partial charge in [-0.1, -0.05) is 30.3 Å². The summed E-state index contributed by atoms with van der Waals surface area (Å²) in [4.78, 5) is 90.3. The van der Waals surface area contributed by atoms with Crippen LogP contribution in [0.3, 0.4) is 0 Å². The van der Waals surface area contributed by atoms with Crippen LogP contribution in [0.5, 0.6) is 0 Å². The Morgan fingerprint density at radius 3 is 1.42 bits per heavy atom. The molecule has 0 aliphatic rings. The van der Waals surface area contributed by atoms with Crippen LogP contribution in [0.1, 0.15) is 146 Å².